The van der Waals surface area contributed by atoms with Gasteiger partial charge >= 0.3 is 0 Å². The van der Waals surface area contributed by atoms with Crippen LogP contribution in [0.1, 0.15) is 6.42 Å². The van der Waals surface area contributed by atoms with Gasteiger partial charge < -0.3 is 9.47 Å². The lowest BCUT2D eigenvalue weighted by Gasteiger charge is -2.17. The Morgan fingerprint density at radius 1 is 0.909 bits per heavy atom. The van der Waals surface area contributed by atoms with Crippen molar-refractivity contribution in [2.75, 3.05) is 14.2 Å². The monoisotopic (exact) mass is 154 g/mol. The van der Waals surface area contributed by atoms with Crippen LogP contribution >= 0.6 is 0 Å². The normalized spacial score (nSPS) is 63.8. The third kappa shape index (κ3) is 0.541. The molecule has 11 heavy (non-hydrogen) atoms. The second-order valence-corrected chi connectivity index (χ2v) is 4.12. The van der Waals surface area contributed by atoms with Crippen LogP contribution in [0.4, 0.5) is 0 Å². The molecule has 4 aliphatic carbocycles. The molecule has 2 heteroatoms. The van der Waals surface area contributed by atoms with Gasteiger partial charge in [0.25, 0.3) is 0 Å². The molecule has 0 amide bonds. The lowest BCUT2D eigenvalue weighted by atomic mass is 10.1. The average Bonchev–Trinajstić information content (AvgIpc) is 2.49. The first-order valence-electron chi connectivity index (χ1n) is 4.44. The van der Waals surface area contributed by atoms with Gasteiger partial charge in [-0.3, -0.25) is 0 Å². The molecular formula is C9H14O2. The van der Waals surface area contributed by atoms with E-state index in [2.05, 4.69) is 0 Å². The summed E-state index contributed by atoms with van der Waals surface area (Å²) in [6.45, 7) is 0. The predicted molar refractivity (Wildman–Crippen MR) is 40.2 cm³/mol. The number of rotatable bonds is 2. The minimum atomic E-state index is 0.537. The molecule has 2 nitrogen and oxygen atoms in total. The van der Waals surface area contributed by atoms with Gasteiger partial charge in [0.1, 0.15) is 0 Å². The number of hydrogen-bond acceptors (Lipinski definition) is 2. The van der Waals surface area contributed by atoms with Crippen LogP contribution in [0.15, 0.2) is 0 Å². The highest BCUT2D eigenvalue weighted by Crippen LogP contribution is 2.71. The van der Waals surface area contributed by atoms with E-state index in [1.165, 1.54) is 6.42 Å². The zero-order valence-corrected chi connectivity index (χ0v) is 6.99. The van der Waals surface area contributed by atoms with Gasteiger partial charge in [0.2, 0.25) is 0 Å². The van der Waals surface area contributed by atoms with Crippen molar-refractivity contribution in [3.05, 3.63) is 0 Å². The van der Waals surface area contributed by atoms with E-state index in [4.69, 9.17) is 9.47 Å². The Bertz CT molecular complexity index is 174. The minimum absolute atomic E-state index is 0.537. The molecule has 0 N–H and O–H groups in total. The summed E-state index contributed by atoms with van der Waals surface area (Å²) in [6, 6.07) is 0. The molecule has 4 unspecified atom stereocenters. The second kappa shape index (κ2) is 1.80. The standard InChI is InChI=1S/C9H14O2/c1-10-8-5-3-4-6(8)7(4)9(5)11-2/h4-9H,3H2,1-2H3/t4?,5?,6?,7?,8-,9+. The van der Waals surface area contributed by atoms with Gasteiger partial charge in [-0.2, -0.15) is 0 Å². The van der Waals surface area contributed by atoms with E-state index >= 15 is 0 Å². The van der Waals surface area contributed by atoms with Gasteiger partial charge in [-0.25, -0.2) is 0 Å². The predicted octanol–water partition coefficient (Wildman–Crippen LogP) is 0.912. The van der Waals surface area contributed by atoms with Gasteiger partial charge in [0.15, 0.2) is 0 Å². The summed E-state index contributed by atoms with van der Waals surface area (Å²) in [5.41, 5.74) is 0. The quantitative estimate of drug-likeness (QED) is 0.588. The summed E-state index contributed by atoms with van der Waals surface area (Å²) in [4.78, 5) is 0. The minimum Gasteiger partial charge on any atom is -0.381 e. The topological polar surface area (TPSA) is 18.5 Å². The Labute approximate surface area is 66.9 Å². The Hall–Kier alpha value is -0.0800. The molecule has 0 radical (unpaired) electrons. The summed E-state index contributed by atoms with van der Waals surface area (Å²) in [6.07, 6.45) is 2.44. The highest BCUT2D eigenvalue weighted by molar-refractivity contribution is 5.22. The van der Waals surface area contributed by atoms with Gasteiger partial charge in [-0.05, 0) is 24.2 Å². The van der Waals surface area contributed by atoms with Crippen LogP contribution in [0.2, 0.25) is 0 Å². The van der Waals surface area contributed by atoms with Gasteiger partial charge in [-0.15, -0.1) is 0 Å². The van der Waals surface area contributed by atoms with E-state index in [-0.39, 0.29) is 0 Å². The molecule has 0 aromatic rings. The van der Waals surface area contributed by atoms with Crippen molar-refractivity contribution in [3.63, 3.8) is 0 Å². The molecule has 4 bridgehead atoms. The van der Waals surface area contributed by atoms with E-state index in [1.54, 1.807) is 0 Å². The van der Waals surface area contributed by atoms with Crippen molar-refractivity contribution >= 4 is 0 Å². The molecule has 4 aliphatic rings. The fourth-order valence-corrected chi connectivity index (χ4v) is 3.67. The van der Waals surface area contributed by atoms with Crippen molar-refractivity contribution < 1.29 is 9.47 Å². The molecule has 62 valence electrons. The lowest BCUT2D eigenvalue weighted by Crippen LogP contribution is -2.23. The first-order valence-corrected chi connectivity index (χ1v) is 4.44. The van der Waals surface area contributed by atoms with E-state index in [1.807, 2.05) is 14.2 Å². The van der Waals surface area contributed by atoms with Crippen LogP contribution < -0.4 is 0 Å². The van der Waals surface area contributed by atoms with E-state index in [0.29, 0.717) is 12.2 Å². The molecule has 4 rings (SSSR count). The van der Waals surface area contributed by atoms with Crippen LogP contribution in [0.3, 0.4) is 0 Å². The van der Waals surface area contributed by atoms with Crippen LogP contribution in [0.25, 0.3) is 0 Å². The van der Waals surface area contributed by atoms with E-state index < -0.39 is 0 Å². The summed E-state index contributed by atoms with van der Waals surface area (Å²) < 4.78 is 10.9. The molecule has 4 fully saturated rings. The molecule has 6 atom stereocenters. The summed E-state index contributed by atoms with van der Waals surface area (Å²) in [5, 5.41) is 0. The molecule has 0 aromatic carbocycles. The van der Waals surface area contributed by atoms with Crippen molar-refractivity contribution in [1.82, 2.24) is 0 Å². The zero-order valence-electron chi connectivity index (χ0n) is 6.99. The maximum atomic E-state index is 5.47. The molecule has 0 heterocycles. The Morgan fingerprint density at radius 3 is 1.73 bits per heavy atom. The van der Waals surface area contributed by atoms with Crippen molar-refractivity contribution in [1.29, 1.82) is 0 Å². The molecule has 0 aromatic heterocycles. The van der Waals surface area contributed by atoms with Crippen molar-refractivity contribution in [3.8, 4) is 0 Å². The number of methoxy groups -OCH3 is 2. The Balaban J connectivity index is 1.88. The first-order chi connectivity index (χ1) is 5.38. The molecular weight excluding hydrogens is 140 g/mol. The maximum absolute atomic E-state index is 5.47. The summed E-state index contributed by atoms with van der Waals surface area (Å²) in [7, 11) is 3.68. The average molecular weight is 154 g/mol. The molecule has 0 aliphatic heterocycles. The van der Waals surface area contributed by atoms with Crippen LogP contribution in [-0.2, 0) is 9.47 Å². The largest absolute Gasteiger partial charge is 0.381 e. The summed E-state index contributed by atoms with van der Waals surface area (Å²) >= 11 is 0. The first kappa shape index (κ1) is 6.44. The third-order valence-electron chi connectivity index (χ3n) is 3.98. The van der Waals surface area contributed by atoms with Gasteiger partial charge in [0.05, 0.1) is 12.2 Å². The molecule has 0 spiro atoms. The lowest BCUT2D eigenvalue weighted by molar-refractivity contribution is 0.0159. The smallest absolute Gasteiger partial charge is 0.0659 e. The van der Waals surface area contributed by atoms with E-state index in [9.17, 15) is 0 Å². The highest BCUT2D eigenvalue weighted by Gasteiger charge is 2.74. The Kier molecular flexibility index (Phi) is 1.06. The number of ether oxygens (including phenoxy) is 2. The number of hydrogen-bond donors (Lipinski definition) is 0. The fraction of sp³-hybridized carbons (Fsp3) is 1.00. The van der Waals surface area contributed by atoms with Gasteiger partial charge in [-0.1, -0.05) is 0 Å². The zero-order chi connectivity index (χ0) is 7.59. The third-order valence-corrected chi connectivity index (χ3v) is 3.98. The van der Waals surface area contributed by atoms with Crippen LogP contribution in [0, 0.1) is 23.7 Å². The highest BCUT2D eigenvalue weighted by atomic mass is 16.5. The summed E-state index contributed by atoms with van der Waals surface area (Å²) in [5.74, 6) is 3.43. The SMILES string of the molecule is CO[C@@H]1C2C3CC1[C@@H](OC)C32. The molecule has 0 saturated heterocycles. The second-order valence-electron chi connectivity index (χ2n) is 4.12. The van der Waals surface area contributed by atoms with Gasteiger partial charge in [0, 0.05) is 20.1 Å². The molecule has 4 saturated carbocycles. The van der Waals surface area contributed by atoms with Crippen molar-refractivity contribution in [2.24, 2.45) is 23.7 Å². The Morgan fingerprint density at radius 2 is 1.45 bits per heavy atom. The van der Waals surface area contributed by atoms with Crippen molar-refractivity contribution in [2.45, 2.75) is 18.6 Å². The maximum Gasteiger partial charge on any atom is 0.0659 e. The fourth-order valence-electron chi connectivity index (χ4n) is 3.67. The van der Waals surface area contributed by atoms with E-state index in [0.717, 1.165) is 23.7 Å². The van der Waals surface area contributed by atoms with Crippen LogP contribution in [-0.4, -0.2) is 26.4 Å². The van der Waals surface area contributed by atoms with Crippen LogP contribution in [0.5, 0.6) is 0 Å².